The van der Waals surface area contributed by atoms with Crippen molar-refractivity contribution in [2.75, 3.05) is 11.9 Å². The van der Waals surface area contributed by atoms with Crippen LogP contribution in [0.5, 0.6) is 5.75 Å². The first kappa shape index (κ1) is 18.9. The Morgan fingerprint density at radius 1 is 1.19 bits per heavy atom. The molecule has 3 aromatic rings. The van der Waals surface area contributed by atoms with Crippen molar-refractivity contribution in [3.8, 4) is 17.2 Å². The molecule has 140 valence electrons. The third-order valence-corrected chi connectivity index (χ3v) is 4.51. The lowest BCUT2D eigenvalue weighted by atomic mass is 10.2. The summed E-state index contributed by atoms with van der Waals surface area (Å²) in [6.45, 7) is 4.24. The number of ether oxygens (including phenoxy) is 1. The Labute approximate surface area is 160 Å². The number of carbonyl (C=O) groups excluding carboxylic acids is 1. The van der Waals surface area contributed by atoms with E-state index in [4.69, 9.17) is 9.15 Å². The van der Waals surface area contributed by atoms with Crippen molar-refractivity contribution in [3.05, 3.63) is 54.3 Å². The molecule has 0 aliphatic heterocycles. The van der Waals surface area contributed by atoms with E-state index in [-0.39, 0.29) is 11.7 Å². The van der Waals surface area contributed by atoms with E-state index in [2.05, 4.69) is 15.5 Å². The van der Waals surface area contributed by atoms with Crippen molar-refractivity contribution in [3.63, 3.8) is 0 Å². The van der Waals surface area contributed by atoms with Crippen molar-refractivity contribution in [1.82, 2.24) is 10.2 Å². The van der Waals surface area contributed by atoms with E-state index in [0.29, 0.717) is 23.4 Å². The molecule has 0 spiro atoms. The van der Waals surface area contributed by atoms with E-state index >= 15 is 0 Å². The number of thioether (sulfide) groups is 1. The predicted molar refractivity (Wildman–Crippen MR) is 101 cm³/mol. The minimum absolute atomic E-state index is 0.243. The van der Waals surface area contributed by atoms with E-state index in [1.54, 1.807) is 6.92 Å². The van der Waals surface area contributed by atoms with Crippen molar-refractivity contribution in [2.24, 2.45) is 0 Å². The number of aromatic nitrogens is 2. The number of carbonyl (C=O) groups is 1. The number of halogens is 1. The van der Waals surface area contributed by atoms with E-state index in [1.807, 2.05) is 31.2 Å². The van der Waals surface area contributed by atoms with Gasteiger partial charge in [-0.25, -0.2) is 4.39 Å². The van der Waals surface area contributed by atoms with Crippen LogP contribution in [0.1, 0.15) is 13.8 Å². The lowest BCUT2D eigenvalue weighted by Crippen LogP contribution is -2.22. The normalized spacial score (nSPS) is 11.8. The lowest BCUT2D eigenvalue weighted by molar-refractivity contribution is -0.115. The van der Waals surface area contributed by atoms with Crippen LogP contribution in [0, 0.1) is 5.82 Å². The van der Waals surface area contributed by atoms with Gasteiger partial charge in [0, 0.05) is 11.3 Å². The molecule has 6 nitrogen and oxygen atoms in total. The molecule has 1 unspecified atom stereocenters. The van der Waals surface area contributed by atoms with Gasteiger partial charge < -0.3 is 14.5 Å². The summed E-state index contributed by atoms with van der Waals surface area (Å²) in [7, 11) is 0. The summed E-state index contributed by atoms with van der Waals surface area (Å²) in [5, 5.41) is 10.5. The fourth-order valence-corrected chi connectivity index (χ4v) is 2.90. The number of benzene rings is 2. The number of anilines is 1. The number of rotatable bonds is 7. The van der Waals surface area contributed by atoms with Crippen LogP contribution in [-0.4, -0.2) is 28.0 Å². The standard InChI is InChI=1S/C19H18FN3O3S/c1-3-25-16-10-4-13(5-11-16)18-22-23-19(26-18)27-12(2)17(24)21-15-8-6-14(20)7-9-15/h4-12H,3H2,1-2H3,(H,21,24). The molecule has 1 N–H and O–H groups in total. The third-order valence-electron chi connectivity index (χ3n) is 3.58. The van der Waals surface area contributed by atoms with Gasteiger partial charge >= 0.3 is 0 Å². The molecule has 2 aromatic carbocycles. The average molecular weight is 387 g/mol. The number of amides is 1. The van der Waals surface area contributed by atoms with Gasteiger partial charge in [-0.05, 0) is 62.4 Å². The maximum Gasteiger partial charge on any atom is 0.277 e. The van der Waals surface area contributed by atoms with Crippen molar-refractivity contribution in [1.29, 1.82) is 0 Å². The number of nitrogens with zero attached hydrogens (tertiary/aromatic N) is 2. The van der Waals surface area contributed by atoms with E-state index < -0.39 is 5.25 Å². The third kappa shape index (κ3) is 5.07. The monoisotopic (exact) mass is 387 g/mol. The van der Waals surface area contributed by atoms with Crippen LogP contribution in [-0.2, 0) is 4.79 Å². The van der Waals surface area contributed by atoms with Gasteiger partial charge in [-0.15, -0.1) is 10.2 Å². The Morgan fingerprint density at radius 2 is 1.89 bits per heavy atom. The van der Waals surface area contributed by atoms with Crippen LogP contribution < -0.4 is 10.1 Å². The molecule has 0 fully saturated rings. The number of hydrogen-bond acceptors (Lipinski definition) is 6. The molecular weight excluding hydrogens is 369 g/mol. The highest BCUT2D eigenvalue weighted by Gasteiger charge is 2.19. The summed E-state index contributed by atoms with van der Waals surface area (Å²) in [6, 6.07) is 12.9. The molecule has 1 atom stereocenters. The average Bonchev–Trinajstić information content (AvgIpc) is 3.13. The van der Waals surface area contributed by atoms with Gasteiger partial charge in [0.1, 0.15) is 11.6 Å². The SMILES string of the molecule is CCOc1ccc(-c2nnc(SC(C)C(=O)Nc3ccc(F)cc3)o2)cc1. The summed E-state index contributed by atoms with van der Waals surface area (Å²) >= 11 is 1.15. The predicted octanol–water partition coefficient (Wildman–Crippen LogP) is 4.39. The molecule has 0 saturated carbocycles. The fourth-order valence-electron chi connectivity index (χ4n) is 2.22. The highest BCUT2D eigenvalue weighted by molar-refractivity contribution is 8.00. The van der Waals surface area contributed by atoms with E-state index in [9.17, 15) is 9.18 Å². The van der Waals surface area contributed by atoms with Gasteiger partial charge in [-0.2, -0.15) is 0 Å². The summed E-state index contributed by atoms with van der Waals surface area (Å²) in [4.78, 5) is 12.2. The van der Waals surface area contributed by atoms with Crippen LogP contribution in [0.4, 0.5) is 10.1 Å². The van der Waals surface area contributed by atoms with Crippen LogP contribution >= 0.6 is 11.8 Å². The summed E-state index contributed by atoms with van der Waals surface area (Å²) in [6.07, 6.45) is 0. The van der Waals surface area contributed by atoms with Crippen molar-refractivity contribution < 1.29 is 18.3 Å². The topological polar surface area (TPSA) is 77.2 Å². The maximum absolute atomic E-state index is 12.9. The second-order valence-corrected chi connectivity index (χ2v) is 6.88. The molecule has 27 heavy (non-hydrogen) atoms. The first-order chi connectivity index (χ1) is 13.0. The molecule has 1 heterocycles. The minimum Gasteiger partial charge on any atom is -0.494 e. The summed E-state index contributed by atoms with van der Waals surface area (Å²) in [5.41, 5.74) is 1.29. The fraction of sp³-hybridized carbons (Fsp3) is 0.211. The smallest absolute Gasteiger partial charge is 0.277 e. The molecule has 0 bridgehead atoms. The van der Waals surface area contributed by atoms with E-state index in [1.165, 1.54) is 24.3 Å². The Hall–Kier alpha value is -2.87. The molecule has 8 heteroatoms. The first-order valence-electron chi connectivity index (χ1n) is 8.35. The van der Waals surface area contributed by atoms with Gasteiger partial charge in [-0.3, -0.25) is 4.79 Å². The number of nitrogens with one attached hydrogen (secondary N) is 1. The molecule has 0 aliphatic rings. The Kier molecular flexibility index (Phi) is 6.08. The van der Waals surface area contributed by atoms with Crippen molar-refractivity contribution >= 4 is 23.4 Å². The molecule has 1 amide bonds. The van der Waals surface area contributed by atoms with Crippen LogP contribution in [0.3, 0.4) is 0 Å². The zero-order valence-electron chi connectivity index (χ0n) is 14.8. The minimum atomic E-state index is -0.469. The Bertz CT molecular complexity index is 897. The molecule has 0 saturated heterocycles. The summed E-state index contributed by atoms with van der Waals surface area (Å²) < 4.78 is 23.9. The maximum atomic E-state index is 12.9. The number of hydrogen-bond donors (Lipinski definition) is 1. The van der Waals surface area contributed by atoms with Crippen LogP contribution in [0.15, 0.2) is 58.2 Å². The quantitative estimate of drug-likeness (QED) is 0.606. The molecule has 0 radical (unpaired) electrons. The zero-order chi connectivity index (χ0) is 19.2. The summed E-state index contributed by atoms with van der Waals surface area (Å²) in [5.74, 6) is 0.531. The lowest BCUT2D eigenvalue weighted by Gasteiger charge is -2.09. The Balaban J connectivity index is 1.60. The van der Waals surface area contributed by atoms with E-state index in [0.717, 1.165) is 23.1 Å². The highest BCUT2D eigenvalue weighted by Crippen LogP contribution is 2.27. The van der Waals surface area contributed by atoms with Crippen LogP contribution in [0.25, 0.3) is 11.5 Å². The Morgan fingerprint density at radius 3 is 2.56 bits per heavy atom. The molecule has 3 rings (SSSR count). The molecule has 1 aromatic heterocycles. The molecule has 0 aliphatic carbocycles. The zero-order valence-corrected chi connectivity index (χ0v) is 15.6. The van der Waals surface area contributed by atoms with Gasteiger partial charge in [0.2, 0.25) is 11.8 Å². The van der Waals surface area contributed by atoms with Gasteiger partial charge in [-0.1, -0.05) is 11.8 Å². The van der Waals surface area contributed by atoms with Gasteiger partial charge in [0.25, 0.3) is 5.22 Å². The highest BCUT2D eigenvalue weighted by atomic mass is 32.2. The largest absolute Gasteiger partial charge is 0.494 e. The second kappa shape index (κ2) is 8.68. The second-order valence-electron chi connectivity index (χ2n) is 5.59. The molecular formula is C19H18FN3O3S. The van der Waals surface area contributed by atoms with Gasteiger partial charge in [0.05, 0.1) is 11.9 Å². The van der Waals surface area contributed by atoms with Crippen LogP contribution in [0.2, 0.25) is 0 Å². The first-order valence-corrected chi connectivity index (χ1v) is 9.23. The van der Waals surface area contributed by atoms with Gasteiger partial charge in [0.15, 0.2) is 0 Å². The van der Waals surface area contributed by atoms with Crippen molar-refractivity contribution in [2.45, 2.75) is 24.3 Å².